The molecule has 4 aromatic rings. The lowest BCUT2D eigenvalue weighted by Crippen LogP contribution is -2.30. The SMILES string of the molecule is CN(C(=O)c1nc(C(=O)N2CCc3ccccc32)c2ccccn12)c1ccccc1. The van der Waals surface area contributed by atoms with Crippen molar-refractivity contribution in [2.45, 2.75) is 6.42 Å². The van der Waals surface area contributed by atoms with Gasteiger partial charge >= 0.3 is 0 Å². The van der Waals surface area contributed by atoms with Gasteiger partial charge in [-0.2, -0.15) is 0 Å². The highest BCUT2D eigenvalue weighted by Crippen LogP contribution is 2.30. The highest BCUT2D eigenvalue weighted by atomic mass is 16.2. The number of carbonyl (C=O) groups is 2. The summed E-state index contributed by atoms with van der Waals surface area (Å²) in [6.07, 6.45) is 2.58. The molecule has 6 nitrogen and oxygen atoms in total. The minimum Gasteiger partial charge on any atom is -0.309 e. The molecule has 0 radical (unpaired) electrons. The van der Waals surface area contributed by atoms with E-state index in [9.17, 15) is 9.59 Å². The summed E-state index contributed by atoms with van der Waals surface area (Å²) in [5.41, 5.74) is 3.73. The minimum atomic E-state index is -0.275. The number of hydrogen-bond acceptors (Lipinski definition) is 3. The van der Waals surface area contributed by atoms with Gasteiger partial charge in [0.25, 0.3) is 11.8 Å². The molecule has 2 amide bonds. The number of nitrogens with zero attached hydrogens (tertiary/aromatic N) is 4. The van der Waals surface area contributed by atoms with Crippen LogP contribution in [0.3, 0.4) is 0 Å². The Morgan fingerprint density at radius 3 is 2.50 bits per heavy atom. The number of carbonyl (C=O) groups excluding carboxylic acids is 2. The number of hydrogen-bond donors (Lipinski definition) is 0. The van der Waals surface area contributed by atoms with E-state index in [2.05, 4.69) is 4.98 Å². The molecule has 148 valence electrons. The average molecular weight is 396 g/mol. The van der Waals surface area contributed by atoms with Crippen LogP contribution in [0.5, 0.6) is 0 Å². The Morgan fingerprint density at radius 2 is 1.67 bits per heavy atom. The maximum Gasteiger partial charge on any atom is 0.294 e. The van der Waals surface area contributed by atoms with Crippen LogP contribution in [0, 0.1) is 0 Å². The van der Waals surface area contributed by atoms with Gasteiger partial charge in [-0.1, -0.05) is 42.5 Å². The van der Waals surface area contributed by atoms with Gasteiger partial charge in [0.15, 0.2) is 5.69 Å². The molecule has 0 aliphatic carbocycles. The maximum absolute atomic E-state index is 13.4. The van der Waals surface area contributed by atoms with Crippen LogP contribution in [0.2, 0.25) is 0 Å². The fourth-order valence-electron chi connectivity index (χ4n) is 3.94. The largest absolute Gasteiger partial charge is 0.309 e. The van der Waals surface area contributed by atoms with Crippen LogP contribution in [-0.4, -0.2) is 34.8 Å². The molecule has 6 heteroatoms. The predicted molar refractivity (Wildman–Crippen MR) is 116 cm³/mol. The molecule has 2 aromatic carbocycles. The molecule has 0 saturated carbocycles. The number of rotatable bonds is 3. The second-order valence-corrected chi connectivity index (χ2v) is 7.28. The molecule has 2 aromatic heterocycles. The van der Waals surface area contributed by atoms with E-state index in [4.69, 9.17) is 0 Å². The van der Waals surface area contributed by atoms with Crippen molar-refractivity contribution in [1.82, 2.24) is 9.38 Å². The smallest absolute Gasteiger partial charge is 0.294 e. The monoisotopic (exact) mass is 396 g/mol. The van der Waals surface area contributed by atoms with Crippen molar-refractivity contribution in [3.63, 3.8) is 0 Å². The van der Waals surface area contributed by atoms with E-state index in [0.29, 0.717) is 12.1 Å². The zero-order valence-corrected chi connectivity index (χ0v) is 16.5. The normalized spacial score (nSPS) is 12.8. The van der Waals surface area contributed by atoms with E-state index in [1.807, 2.05) is 72.8 Å². The fourth-order valence-corrected chi connectivity index (χ4v) is 3.94. The number of fused-ring (bicyclic) bond motifs is 2. The van der Waals surface area contributed by atoms with E-state index < -0.39 is 0 Å². The van der Waals surface area contributed by atoms with Gasteiger partial charge in [-0.05, 0) is 42.3 Å². The number of aromatic nitrogens is 2. The molecular formula is C24H20N4O2. The summed E-state index contributed by atoms with van der Waals surface area (Å²) in [6, 6.07) is 22.8. The van der Waals surface area contributed by atoms with E-state index in [-0.39, 0.29) is 23.3 Å². The molecule has 1 aliphatic rings. The van der Waals surface area contributed by atoms with Gasteiger partial charge in [-0.3, -0.25) is 14.0 Å². The van der Waals surface area contributed by atoms with Gasteiger partial charge in [-0.25, -0.2) is 4.98 Å². The Hall–Kier alpha value is -3.93. The summed E-state index contributed by atoms with van der Waals surface area (Å²) in [5, 5.41) is 0. The summed E-state index contributed by atoms with van der Waals surface area (Å²) in [6.45, 7) is 0.608. The fraction of sp³-hybridized carbons (Fsp3) is 0.125. The van der Waals surface area contributed by atoms with Gasteiger partial charge in [0.1, 0.15) is 0 Å². The topological polar surface area (TPSA) is 57.9 Å². The first kappa shape index (κ1) is 18.1. The van der Waals surface area contributed by atoms with Crippen LogP contribution >= 0.6 is 0 Å². The van der Waals surface area contributed by atoms with Gasteiger partial charge in [0, 0.05) is 31.2 Å². The van der Waals surface area contributed by atoms with Crippen molar-refractivity contribution in [1.29, 1.82) is 0 Å². The number of benzene rings is 2. The molecule has 0 unspecified atom stereocenters. The standard InChI is InChI=1S/C24H20N4O2/c1-26(18-10-3-2-4-11-18)24(30)22-25-21(20-13-7-8-15-27(20)22)23(29)28-16-14-17-9-5-6-12-19(17)28/h2-13,15H,14,16H2,1H3. The number of pyridine rings is 1. The van der Waals surface area contributed by atoms with Gasteiger partial charge in [0.2, 0.25) is 5.82 Å². The van der Waals surface area contributed by atoms with Gasteiger partial charge in [-0.15, -0.1) is 0 Å². The molecule has 0 fully saturated rings. The zero-order valence-electron chi connectivity index (χ0n) is 16.5. The molecule has 30 heavy (non-hydrogen) atoms. The van der Waals surface area contributed by atoms with Crippen molar-refractivity contribution < 1.29 is 9.59 Å². The summed E-state index contributed by atoms with van der Waals surface area (Å²) in [5.74, 6) is -0.249. The summed E-state index contributed by atoms with van der Waals surface area (Å²) < 4.78 is 1.69. The maximum atomic E-state index is 13.4. The lowest BCUT2D eigenvalue weighted by Gasteiger charge is -2.16. The van der Waals surface area contributed by atoms with Crippen molar-refractivity contribution in [2.24, 2.45) is 0 Å². The Morgan fingerprint density at radius 1 is 0.933 bits per heavy atom. The minimum absolute atomic E-state index is 0.190. The second kappa shape index (κ2) is 7.15. The third-order valence-electron chi connectivity index (χ3n) is 5.52. The van der Waals surface area contributed by atoms with Gasteiger partial charge in [0.05, 0.1) is 5.52 Å². The van der Waals surface area contributed by atoms with E-state index >= 15 is 0 Å². The molecule has 5 rings (SSSR count). The highest BCUT2D eigenvalue weighted by molar-refractivity contribution is 6.12. The zero-order chi connectivity index (χ0) is 20.7. The molecule has 1 aliphatic heterocycles. The molecule has 0 atom stereocenters. The Bertz CT molecular complexity index is 1260. The molecule has 0 N–H and O–H groups in total. The van der Waals surface area contributed by atoms with Crippen molar-refractivity contribution in [3.8, 4) is 0 Å². The third-order valence-corrected chi connectivity index (χ3v) is 5.52. The van der Waals surface area contributed by atoms with Crippen LogP contribution in [0.1, 0.15) is 26.7 Å². The lowest BCUT2D eigenvalue weighted by molar-refractivity contribution is 0.0982. The quantitative estimate of drug-likeness (QED) is 0.529. The first-order chi connectivity index (χ1) is 14.6. The number of imidazole rings is 1. The van der Waals surface area contributed by atoms with E-state index in [1.165, 1.54) is 0 Å². The Balaban J connectivity index is 1.57. The first-order valence-electron chi connectivity index (χ1n) is 9.85. The molecule has 0 saturated heterocycles. The molecular weight excluding hydrogens is 376 g/mol. The predicted octanol–water partition coefficient (Wildman–Crippen LogP) is 3.81. The molecule has 0 spiro atoms. The Labute approximate surface area is 174 Å². The average Bonchev–Trinajstić information content (AvgIpc) is 3.40. The number of amides is 2. The first-order valence-corrected chi connectivity index (χ1v) is 9.85. The summed E-state index contributed by atoms with van der Waals surface area (Å²) >= 11 is 0. The van der Waals surface area contributed by atoms with Crippen LogP contribution in [0.4, 0.5) is 11.4 Å². The van der Waals surface area contributed by atoms with Crippen LogP contribution in [0.15, 0.2) is 79.0 Å². The van der Waals surface area contributed by atoms with Crippen molar-refractivity contribution >= 4 is 28.7 Å². The van der Waals surface area contributed by atoms with Crippen LogP contribution in [0.25, 0.3) is 5.52 Å². The summed E-state index contributed by atoms with van der Waals surface area (Å²) in [4.78, 5) is 34.5. The molecule has 0 bridgehead atoms. The lowest BCUT2D eigenvalue weighted by atomic mass is 10.2. The van der Waals surface area contributed by atoms with Crippen molar-refractivity contribution in [2.75, 3.05) is 23.4 Å². The van der Waals surface area contributed by atoms with Crippen molar-refractivity contribution in [3.05, 3.63) is 96.1 Å². The third kappa shape index (κ3) is 2.85. The van der Waals surface area contributed by atoms with E-state index in [0.717, 1.165) is 23.4 Å². The number of anilines is 2. The summed E-state index contributed by atoms with van der Waals surface area (Å²) in [7, 11) is 1.71. The van der Waals surface area contributed by atoms with Gasteiger partial charge < -0.3 is 9.80 Å². The van der Waals surface area contributed by atoms with Crippen LogP contribution < -0.4 is 9.80 Å². The molecule has 3 heterocycles. The van der Waals surface area contributed by atoms with E-state index in [1.54, 1.807) is 27.4 Å². The highest BCUT2D eigenvalue weighted by Gasteiger charge is 2.30. The Kier molecular flexibility index (Phi) is 4.32. The number of para-hydroxylation sites is 2. The van der Waals surface area contributed by atoms with Crippen LogP contribution in [-0.2, 0) is 6.42 Å². The second-order valence-electron chi connectivity index (χ2n) is 7.28.